The van der Waals surface area contributed by atoms with Gasteiger partial charge in [-0.3, -0.25) is 14.5 Å². The number of thiophene rings is 1. The van der Waals surface area contributed by atoms with Crippen molar-refractivity contribution in [2.45, 2.75) is 6.10 Å². The van der Waals surface area contributed by atoms with Gasteiger partial charge in [-0.2, -0.15) is 0 Å². The number of anilines is 1. The van der Waals surface area contributed by atoms with Crippen LogP contribution in [0.1, 0.15) is 10.4 Å². The molecule has 6 nitrogen and oxygen atoms in total. The summed E-state index contributed by atoms with van der Waals surface area (Å²) in [6.45, 7) is 1.24. The van der Waals surface area contributed by atoms with Crippen molar-refractivity contribution in [2.24, 2.45) is 5.73 Å². The van der Waals surface area contributed by atoms with Crippen LogP contribution in [0.25, 0.3) is 0 Å². The van der Waals surface area contributed by atoms with E-state index in [1.807, 2.05) is 4.90 Å². The molecule has 1 saturated heterocycles. The summed E-state index contributed by atoms with van der Waals surface area (Å²) >= 11 is 1.26. The van der Waals surface area contributed by atoms with Crippen LogP contribution in [0.5, 0.6) is 0 Å². The largest absolute Gasteiger partial charge is 0.390 e. The third kappa shape index (κ3) is 2.82. The molecule has 1 aliphatic rings. The van der Waals surface area contributed by atoms with Crippen LogP contribution in [0.15, 0.2) is 11.4 Å². The van der Waals surface area contributed by atoms with Crippen molar-refractivity contribution in [1.82, 2.24) is 4.90 Å². The Balaban J connectivity index is 1.89. The lowest BCUT2D eigenvalue weighted by molar-refractivity contribution is -0.119. The molecular weight excluding hydrogens is 242 g/mol. The lowest BCUT2D eigenvalue weighted by atomic mass is 10.2. The first-order valence-corrected chi connectivity index (χ1v) is 6.02. The third-order valence-corrected chi connectivity index (χ3v) is 3.32. The summed E-state index contributed by atoms with van der Waals surface area (Å²) < 4.78 is 0. The summed E-state index contributed by atoms with van der Waals surface area (Å²) in [5.74, 6) is -0.761. The lowest BCUT2D eigenvalue weighted by Gasteiger charge is -2.34. The minimum absolute atomic E-state index is 0.207. The molecule has 4 N–H and O–H groups in total. The molecule has 2 amide bonds. The molecule has 0 unspecified atom stereocenters. The number of aliphatic hydroxyl groups excluding tert-OH is 1. The van der Waals surface area contributed by atoms with E-state index >= 15 is 0 Å². The summed E-state index contributed by atoms with van der Waals surface area (Å²) in [6, 6.07) is 1.58. The van der Waals surface area contributed by atoms with Gasteiger partial charge in [-0.1, -0.05) is 0 Å². The first-order chi connectivity index (χ1) is 8.06. The number of nitrogens with zero attached hydrogens (tertiary/aromatic N) is 1. The van der Waals surface area contributed by atoms with Gasteiger partial charge in [0.2, 0.25) is 5.91 Å². The zero-order chi connectivity index (χ0) is 12.4. The zero-order valence-corrected chi connectivity index (χ0v) is 9.87. The average molecular weight is 255 g/mol. The molecule has 0 saturated carbocycles. The summed E-state index contributed by atoms with van der Waals surface area (Å²) in [7, 11) is 0. The van der Waals surface area contributed by atoms with Gasteiger partial charge in [-0.15, -0.1) is 11.3 Å². The van der Waals surface area contributed by atoms with Gasteiger partial charge in [0.1, 0.15) is 5.00 Å². The molecular formula is C10H13N3O3S. The molecule has 92 valence electrons. The number of nitrogens with one attached hydrogen (secondary N) is 1. The quantitative estimate of drug-likeness (QED) is 0.673. The second-order valence-electron chi connectivity index (χ2n) is 3.92. The van der Waals surface area contributed by atoms with E-state index in [4.69, 9.17) is 10.8 Å². The highest BCUT2D eigenvalue weighted by Gasteiger charge is 2.26. The first-order valence-electron chi connectivity index (χ1n) is 5.14. The van der Waals surface area contributed by atoms with Crippen LogP contribution in [-0.4, -0.2) is 47.6 Å². The molecule has 1 aromatic heterocycles. The van der Waals surface area contributed by atoms with Gasteiger partial charge in [-0.25, -0.2) is 0 Å². The molecule has 0 aromatic carbocycles. The molecule has 2 heterocycles. The van der Waals surface area contributed by atoms with Crippen LogP contribution in [0.2, 0.25) is 0 Å². The van der Waals surface area contributed by atoms with E-state index in [-0.39, 0.29) is 18.6 Å². The van der Waals surface area contributed by atoms with Gasteiger partial charge < -0.3 is 16.2 Å². The number of nitrogens with two attached hydrogens (primary N) is 1. The van der Waals surface area contributed by atoms with Crippen LogP contribution in [0.3, 0.4) is 0 Å². The molecule has 2 rings (SSSR count). The topological polar surface area (TPSA) is 95.7 Å². The van der Waals surface area contributed by atoms with E-state index in [0.29, 0.717) is 23.7 Å². The Bertz CT molecular complexity index is 440. The molecule has 0 atom stereocenters. The highest BCUT2D eigenvalue weighted by Crippen LogP contribution is 2.22. The molecule has 0 bridgehead atoms. The number of hydrogen-bond acceptors (Lipinski definition) is 5. The number of β-amino-alcohol motifs (C(OH)–C–C–N with tert-alkyl or cyclic N) is 1. The molecule has 0 spiro atoms. The summed E-state index contributed by atoms with van der Waals surface area (Å²) in [4.78, 5) is 24.5. The Labute approximate surface area is 102 Å². The van der Waals surface area contributed by atoms with E-state index in [2.05, 4.69) is 5.32 Å². The van der Waals surface area contributed by atoms with Crippen LogP contribution in [-0.2, 0) is 4.79 Å². The molecule has 1 fully saturated rings. The minimum atomic E-state index is -0.555. The van der Waals surface area contributed by atoms with Gasteiger partial charge in [0.15, 0.2) is 0 Å². The maximum atomic E-state index is 11.6. The Kier molecular flexibility index (Phi) is 3.41. The fourth-order valence-electron chi connectivity index (χ4n) is 1.64. The van der Waals surface area contributed by atoms with Gasteiger partial charge >= 0.3 is 0 Å². The van der Waals surface area contributed by atoms with Crippen LogP contribution in [0.4, 0.5) is 5.00 Å². The summed E-state index contributed by atoms with van der Waals surface area (Å²) in [6.07, 6.45) is -0.328. The minimum Gasteiger partial charge on any atom is -0.390 e. The molecule has 1 aliphatic heterocycles. The lowest BCUT2D eigenvalue weighted by Crippen LogP contribution is -2.53. The summed E-state index contributed by atoms with van der Waals surface area (Å²) in [5, 5.41) is 13.9. The van der Waals surface area contributed by atoms with E-state index < -0.39 is 5.91 Å². The Morgan fingerprint density at radius 2 is 2.29 bits per heavy atom. The summed E-state index contributed by atoms with van der Waals surface area (Å²) in [5.41, 5.74) is 5.49. The van der Waals surface area contributed by atoms with Crippen molar-refractivity contribution < 1.29 is 14.7 Å². The number of rotatable bonds is 4. The highest BCUT2D eigenvalue weighted by atomic mass is 32.1. The van der Waals surface area contributed by atoms with Crippen molar-refractivity contribution in [3.63, 3.8) is 0 Å². The predicted molar refractivity (Wildman–Crippen MR) is 63.9 cm³/mol. The van der Waals surface area contributed by atoms with E-state index in [0.717, 1.165) is 0 Å². The van der Waals surface area contributed by atoms with E-state index in [9.17, 15) is 9.59 Å². The fourth-order valence-corrected chi connectivity index (χ4v) is 2.45. The van der Waals surface area contributed by atoms with Crippen LogP contribution in [0, 0.1) is 0 Å². The van der Waals surface area contributed by atoms with Crippen molar-refractivity contribution in [3.05, 3.63) is 17.0 Å². The molecule has 1 aromatic rings. The smallest absolute Gasteiger partial charge is 0.251 e. The number of primary amides is 1. The van der Waals surface area contributed by atoms with Crippen molar-refractivity contribution in [3.8, 4) is 0 Å². The van der Waals surface area contributed by atoms with Crippen molar-refractivity contribution >= 4 is 28.2 Å². The van der Waals surface area contributed by atoms with Gasteiger partial charge in [-0.05, 0) is 11.4 Å². The van der Waals surface area contributed by atoms with Gasteiger partial charge in [0.05, 0.1) is 18.2 Å². The standard InChI is InChI=1S/C10H13N3O3S/c11-9(16)7-1-2-17-10(7)12-8(15)5-13-3-6(14)4-13/h1-2,6,14H,3-5H2,(H2,11,16)(H,12,15). The molecule has 0 radical (unpaired) electrons. The van der Waals surface area contributed by atoms with Crippen LogP contribution >= 0.6 is 11.3 Å². The Hall–Kier alpha value is -1.44. The van der Waals surface area contributed by atoms with Gasteiger partial charge in [0.25, 0.3) is 5.91 Å². The van der Waals surface area contributed by atoms with Crippen molar-refractivity contribution in [2.75, 3.05) is 25.0 Å². The number of aliphatic hydroxyl groups is 1. The maximum absolute atomic E-state index is 11.6. The average Bonchev–Trinajstić information content (AvgIpc) is 2.63. The van der Waals surface area contributed by atoms with E-state index in [1.165, 1.54) is 11.3 Å². The highest BCUT2D eigenvalue weighted by molar-refractivity contribution is 7.14. The predicted octanol–water partition coefficient (Wildman–Crippen LogP) is -0.538. The Morgan fingerprint density at radius 1 is 1.59 bits per heavy atom. The monoisotopic (exact) mass is 255 g/mol. The molecule has 17 heavy (non-hydrogen) atoms. The number of carbonyl (C=O) groups excluding carboxylic acids is 2. The SMILES string of the molecule is NC(=O)c1ccsc1NC(=O)CN1CC(O)C1. The van der Waals surface area contributed by atoms with Gasteiger partial charge in [0, 0.05) is 13.1 Å². The normalized spacial score (nSPS) is 16.5. The number of carbonyl (C=O) groups is 2. The van der Waals surface area contributed by atoms with Crippen LogP contribution < -0.4 is 11.1 Å². The second-order valence-corrected chi connectivity index (χ2v) is 4.84. The number of likely N-dealkylation sites (tertiary alicyclic amines) is 1. The number of amides is 2. The zero-order valence-electron chi connectivity index (χ0n) is 9.05. The Morgan fingerprint density at radius 3 is 2.88 bits per heavy atom. The molecule has 0 aliphatic carbocycles. The molecule has 7 heteroatoms. The second kappa shape index (κ2) is 4.82. The number of hydrogen-bond donors (Lipinski definition) is 3. The first kappa shape index (κ1) is 12.0. The van der Waals surface area contributed by atoms with E-state index in [1.54, 1.807) is 11.4 Å². The fraction of sp³-hybridized carbons (Fsp3) is 0.400. The maximum Gasteiger partial charge on any atom is 0.251 e. The van der Waals surface area contributed by atoms with Crippen molar-refractivity contribution in [1.29, 1.82) is 0 Å². The third-order valence-electron chi connectivity index (χ3n) is 2.49.